The standard InChI is InChI=1S/C28H30N6O8S2/c1-17-15-24(32-33-27-25(44(40,41)42)16-19-4-3-5-22(29)26(19)28(27)37)18(2)14-23(17)31-30-20-6-8-21(9-7-20)43(38,39)34(10-12-35)11-13-36/h3-9,14-16,35-37H,10-13,29H2,1-2H3,(H,40,41,42). The number of phenols is 1. The highest BCUT2D eigenvalue weighted by molar-refractivity contribution is 7.89. The second-order valence-electron chi connectivity index (χ2n) is 9.66. The summed E-state index contributed by atoms with van der Waals surface area (Å²) in [7, 11) is -8.71. The lowest BCUT2D eigenvalue weighted by molar-refractivity contribution is 0.217. The zero-order valence-electron chi connectivity index (χ0n) is 23.7. The summed E-state index contributed by atoms with van der Waals surface area (Å²) < 4.78 is 60.5. The number of azo groups is 2. The monoisotopic (exact) mass is 642 g/mol. The van der Waals surface area contributed by atoms with Crippen LogP contribution in [0, 0.1) is 13.8 Å². The summed E-state index contributed by atoms with van der Waals surface area (Å²) in [6.45, 7) is 2.35. The number of nitrogen functional groups attached to an aromatic ring is 1. The summed E-state index contributed by atoms with van der Waals surface area (Å²) >= 11 is 0. The summed E-state index contributed by atoms with van der Waals surface area (Å²) in [5, 5.41) is 46.1. The van der Waals surface area contributed by atoms with E-state index >= 15 is 0 Å². The van der Waals surface area contributed by atoms with Crippen LogP contribution in [0.15, 0.2) is 90.9 Å². The van der Waals surface area contributed by atoms with Crippen LogP contribution in [-0.2, 0) is 20.1 Å². The molecule has 4 rings (SSSR count). The van der Waals surface area contributed by atoms with E-state index in [0.29, 0.717) is 28.2 Å². The molecule has 0 aliphatic heterocycles. The molecule has 0 radical (unpaired) electrons. The van der Waals surface area contributed by atoms with Gasteiger partial charge >= 0.3 is 0 Å². The van der Waals surface area contributed by atoms with Crippen molar-refractivity contribution in [2.75, 3.05) is 32.0 Å². The van der Waals surface area contributed by atoms with E-state index in [9.17, 15) is 26.5 Å². The minimum absolute atomic E-state index is 0.0302. The quantitative estimate of drug-likeness (QED) is 0.0858. The molecule has 0 bridgehead atoms. The van der Waals surface area contributed by atoms with E-state index in [1.165, 1.54) is 36.4 Å². The average molecular weight is 643 g/mol. The molecule has 4 aromatic carbocycles. The molecule has 0 amide bonds. The smallest absolute Gasteiger partial charge is 0.296 e. The fourth-order valence-corrected chi connectivity index (χ4v) is 6.43. The third kappa shape index (κ3) is 6.91. The van der Waals surface area contributed by atoms with Gasteiger partial charge in [-0.3, -0.25) is 4.55 Å². The number of aliphatic hydroxyl groups is 2. The first-order chi connectivity index (χ1) is 20.8. The number of fused-ring (bicyclic) bond motifs is 1. The van der Waals surface area contributed by atoms with E-state index < -0.39 is 49.7 Å². The van der Waals surface area contributed by atoms with Crippen molar-refractivity contribution in [3.05, 3.63) is 71.8 Å². The number of nitrogens with zero attached hydrogens (tertiary/aromatic N) is 5. The van der Waals surface area contributed by atoms with Crippen LogP contribution in [0.4, 0.5) is 28.4 Å². The number of sulfonamides is 1. The third-order valence-corrected chi connectivity index (χ3v) is 9.39. The molecule has 0 aliphatic rings. The van der Waals surface area contributed by atoms with Gasteiger partial charge in [0.15, 0.2) is 5.75 Å². The van der Waals surface area contributed by atoms with Crippen molar-refractivity contribution < 1.29 is 36.7 Å². The lowest BCUT2D eigenvalue weighted by Gasteiger charge is -2.20. The summed E-state index contributed by atoms with van der Waals surface area (Å²) in [4.78, 5) is -0.664. The first-order valence-corrected chi connectivity index (χ1v) is 15.9. The zero-order chi connectivity index (χ0) is 32.2. The summed E-state index contributed by atoms with van der Waals surface area (Å²) in [5.41, 5.74) is 8.05. The maximum atomic E-state index is 12.8. The number of benzene rings is 4. The van der Waals surface area contributed by atoms with Gasteiger partial charge in [-0.2, -0.15) is 28.1 Å². The number of phenolic OH excluding ortho intramolecular Hbond substituents is 1. The van der Waals surface area contributed by atoms with Gasteiger partial charge in [0.05, 0.1) is 35.2 Å². The van der Waals surface area contributed by atoms with Crippen LogP contribution in [0.2, 0.25) is 0 Å². The molecule has 14 nitrogen and oxygen atoms in total. The van der Waals surface area contributed by atoms with E-state index in [4.69, 9.17) is 15.9 Å². The highest BCUT2D eigenvalue weighted by atomic mass is 32.2. The number of nitrogens with two attached hydrogens (primary N) is 1. The predicted octanol–water partition coefficient (Wildman–Crippen LogP) is 4.80. The molecule has 0 atom stereocenters. The Morgan fingerprint density at radius 2 is 1.36 bits per heavy atom. The van der Waals surface area contributed by atoms with Gasteiger partial charge in [0.1, 0.15) is 10.6 Å². The highest BCUT2D eigenvalue weighted by Gasteiger charge is 2.24. The Balaban J connectivity index is 1.62. The van der Waals surface area contributed by atoms with Crippen LogP contribution in [0.5, 0.6) is 5.75 Å². The third-order valence-electron chi connectivity index (χ3n) is 6.61. The number of aromatic hydroxyl groups is 1. The van der Waals surface area contributed by atoms with Crippen LogP contribution < -0.4 is 5.73 Å². The molecule has 6 N–H and O–H groups in total. The maximum Gasteiger partial charge on any atom is 0.296 e. The summed E-state index contributed by atoms with van der Waals surface area (Å²) in [6.07, 6.45) is 0. The van der Waals surface area contributed by atoms with Gasteiger partial charge < -0.3 is 21.1 Å². The zero-order valence-corrected chi connectivity index (χ0v) is 25.3. The van der Waals surface area contributed by atoms with Crippen molar-refractivity contribution >= 4 is 59.4 Å². The molecular formula is C28H30N6O8S2. The van der Waals surface area contributed by atoms with Crippen LogP contribution in [0.25, 0.3) is 10.8 Å². The van der Waals surface area contributed by atoms with Crippen molar-refractivity contribution in [1.29, 1.82) is 0 Å². The normalized spacial score (nSPS) is 12.7. The minimum Gasteiger partial charge on any atom is -0.505 e. The molecule has 232 valence electrons. The number of aryl methyl sites for hydroxylation is 2. The first kappa shape index (κ1) is 32.6. The number of aliphatic hydroxyl groups excluding tert-OH is 2. The Hall–Kier alpha value is -4.32. The first-order valence-electron chi connectivity index (χ1n) is 13.1. The molecule has 0 heterocycles. The van der Waals surface area contributed by atoms with Gasteiger partial charge in [-0.1, -0.05) is 12.1 Å². The van der Waals surface area contributed by atoms with Gasteiger partial charge in [-0.05, 0) is 78.9 Å². The second kappa shape index (κ2) is 13.1. The Morgan fingerprint density at radius 1 is 0.795 bits per heavy atom. The number of hydrogen-bond acceptors (Lipinski definition) is 12. The molecule has 0 fully saturated rings. The van der Waals surface area contributed by atoms with Crippen molar-refractivity contribution in [3.8, 4) is 5.75 Å². The van der Waals surface area contributed by atoms with E-state index in [2.05, 4.69) is 20.5 Å². The van der Waals surface area contributed by atoms with Gasteiger partial charge in [0, 0.05) is 24.2 Å². The summed E-state index contributed by atoms with van der Waals surface area (Å²) in [5.74, 6) is -0.551. The molecule has 4 aromatic rings. The molecule has 0 saturated heterocycles. The van der Waals surface area contributed by atoms with Crippen LogP contribution >= 0.6 is 0 Å². The highest BCUT2D eigenvalue weighted by Crippen LogP contribution is 2.43. The lowest BCUT2D eigenvalue weighted by Crippen LogP contribution is -2.35. The van der Waals surface area contributed by atoms with Gasteiger partial charge in [0.2, 0.25) is 10.0 Å². The fraction of sp³-hybridized carbons (Fsp3) is 0.214. The van der Waals surface area contributed by atoms with Gasteiger partial charge in [-0.15, -0.1) is 5.11 Å². The Labute approximate surface area is 253 Å². The molecule has 0 saturated carbocycles. The number of rotatable bonds is 11. The number of anilines is 1. The lowest BCUT2D eigenvalue weighted by atomic mass is 10.1. The Kier molecular flexibility index (Phi) is 9.72. The van der Waals surface area contributed by atoms with Crippen LogP contribution in [0.3, 0.4) is 0 Å². The predicted molar refractivity (Wildman–Crippen MR) is 163 cm³/mol. The molecule has 0 aromatic heterocycles. The SMILES string of the molecule is Cc1cc(N=Nc2c(S(=O)(=O)O)cc3cccc(N)c3c2O)c(C)cc1N=Nc1ccc(S(=O)(=O)N(CCO)CCO)cc1. The molecular weight excluding hydrogens is 612 g/mol. The van der Waals surface area contributed by atoms with Crippen LogP contribution in [0.1, 0.15) is 11.1 Å². The Morgan fingerprint density at radius 3 is 1.91 bits per heavy atom. The second-order valence-corrected chi connectivity index (χ2v) is 13.0. The van der Waals surface area contributed by atoms with Gasteiger partial charge in [-0.25, -0.2) is 8.42 Å². The van der Waals surface area contributed by atoms with E-state index in [1.807, 2.05) is 0 Å². The molecule has 0 aliphatic carbocycles. The Bertz CT molecular complexity index is 1970. The summed E-state index contributed by atoms with van der Waals surface area (Å²) in [6, 6.07) is 14.7. The van der Waals surface area contributed by atoms with E-state index in [0.717, 1.165) is 10.4 Å². The largest absolute Gasteiger partial charge is 0.505 e. The fourth-order valence-electron chi connectivity index (χ4n) is 4.35. The van der Waals surface area contributed by atoms with Crippen molar-refractivity contribution in [2.45, 2.75) is 23.6 Å². The molecule has 44 heavy (non-hydrogen) atoms. The number of hydrogen-bond donors (Lipinski definition) is 5. The van der Waals surface area contributed by atoms with E-state index in [-0.39, 0.29) is 34.4 Å². The topological polar surface area (TPSA) is 228 Å². The maximum absolute atomic E-state index is 12.8. The minimum atomic E-state index is -4.78. The van der Waals surface area contributed by atoms with Crippen LogP contribution in [-0.4, -0.2) is 67.3 Å². The van der Waals surface area contributed by atoms with Crippen molar-refractivity contribution in [2.24, 2.45) is 20.5 Å². The average Bonchev–Trinajstić information content (AvgIpc) is 2.96. The van der Waals surface area contributed by atoms with Crippen molar-refractivity contribution in [1.82, 2.24) is 4.31 Å². The van der Waals surface area contributed by atoms with Gasteiger partial charge in [0.25, 0.3) is 10.1 Å². The van der Waals surface area contributed by atoms with E-state index in [1.54, 1.807) is 32.0 Å². The molecule has 0 unspecified atom stereocenters. The van der Waals surface area contributed by atoms with Crippen molar-refractivity contribution in [3.63, 3.8) is 0 Å². The molecule has 16 heteroatoms. The molecule has 0 spiro atoms.